The molecule has 1 amide bonds. The number of piperidine rings is 1. The van der Waals surface area contributed by atoms with Gasteiger partial charge in [0.25, 0.3) is 5.91 Å². The van der Waals surface area contributed by atoms with E-state index in [9.17, 15) is 26.7 Å². The van der Waals surface area contributed by atoms with Gasteiger partial charge < -0.3 is 10.6 Å². The van der Waals surface area contributed by atoms with Crippen LogP contribution in [0.5, 0.6) is 0 Å². The molecular formula is C13H13F5N2O. The van der Waals surface area contributed by atoms with Gasteiger partial charge >= 0.3 is 0 Å². The Balaban J connectivity index is 2.44. The van der Waals surface area contributed by atoms with E-state index in [4.69, 9.17) is 5.73 Å². The number of hydrogen-bond donors (Lipinski definition) is 1. The highest BCUT2D eigenvalue weighted by atomic mass is 19.2. The van der Waals surface area contributed by atoms with Crippen molar-refractivity contribution in [2.24, 2.45) is 11.7 Å². The predicted molar refractivity (Wildman–Crippen MR) is 63.9 cm³/mol. The normalized spacial score (nSPS) is 22.5. The minimum atomic E-state index is -2.29. The fourth-order valence-electron chi connectivity index (χ4n) is 2.52. The fraction of sp³-hybridized carbons (Fsp3) is 0.462. The Kier molecular flexibility index (Phi) is 4.18. The standard InChI is InChI=1S/C13H13F5N2O/c1-5-2-6(19)4-20(3-5)13(21)7-8(14)10(16)12(18)11(17)9(7)15/h5-6H,2-4,19H2,1H3. The second-order valence-corrected chi connectivity index (χ2v) is 5.26. The lowest BCUT2D eigenvalue weighted by Gasteiger charge is -2.34. The molecule has 1 aliphatic rings. The summed E-state index contributed by atoms with van der Waals surface area (Å²) in [6.07, 6.45) is 0.612. The van der Waals surface area contributed by atoms with E-state index in [0.717, 1.165) is 4.90 Å². The van der Waals surface area contributed by atoms with Crippen LogP contribution in [0, 0.1) is 35.0 Å². The summed E-state index contributed by atoms with van der Waals surface area (Å²) in [7, 11) is 0. The largest absolute Gasteiger partial charge is 0.337 e. The molecule has 21 heavy (non-hydrogen) atoms. The summed E-state index contributed by atoms with van der Waals surface area (Å²) in [6.45, 7) is 1.92. The third kappa shape index (κ3) is 2.72. The van der Waals surface area contributed by atoms with E-state index in [0.29, 0.717) is 6.42 Å². The van der Waals surface area contributed by atoms with Crippen LogP contribution in [0.2, 0.25) is 0 Å². The molecule has 2 atom stereocenters. The number of benzene rings is 1. The molecule has 1 fully saturated rings. The van der Waals surface area contributed by atoms with E-state index in [-0.39, 0.29) is 19.0 Å². The zero-order valence-corrected chi connectivity index (χ0v) is 11.1. The van der Waals surface area contributed by atoms with Crippen molar-refractivity contribution in [2.75, 3.05) is 13.1 Å². The SMILES string of the molecule is CC1CC(N)CN(C(=O)c2c(F)c(F)c(F)c(F)c2F)C1. The van der Waals surface area contributed by atoms with Gasteiger partial charge in [-0.3, -0.25) is 4.79 Å². The average Bonchev–Trinajstić information content (AvgIpc) is 2.42. The van der Waals surface area contributed by atoms with Crippen molar-refractivity contribution in [3.63, 3.8) is 0 Å². The number of hydrogen-bond acceptors (Lipinski definition) is 2. The summed E-state index contributed by atoms with van der Waals surface area (Å²) in [4.78, 5) is 13.1. The molecule has 1 aromatic carbocycles. The maximum atomic E-state index is 13.6. The third-order valence-corrected chi connectivity index (χ3v) is 3.40. The van der Waals surface area contributed by atoms with E-state index in [2.05, 4.69) is 0 Å². The van der Waals surface area contributed by atoms with Crippen molar-refractivity contribution >= 4 is 5.91 Å². The summed E-state index contributed by atoms with van der Waals surface area (Å²) >= 11 is 0. The average molecular weight is 308 g/mol. The van der Waals surface area contributed by atoms with Crippen molar-refractivity contribution in [2.45, 2.75) is 19.4 Å². The maximum absolute atomic E-state index is 13.6. The third-order valence-electron chi connectivity index (χ3n) is 3.40. The lowest BCUT2D eigenvalue weighted by atomic mass is 9.96. The minimum Gasteiger partial charge on any atom is -0.337 e. The summed E-state index contributed by atoms with van der Waals surface area (Å²) in [5.41, 5.74) is 4.26. The first-order valence-electron chi connectivity index (χ1n) is 6.30. The van der Waals surface area contributed by atoms with Crippen LogP contribution in [0.4, 0.5) is 22.0 Å². The number of carbonyl (C=O) groups is 1. The monoisotopic (exact) mass is 308 g/mol. The molecule has 2 rings (SSSR count). The van der Waals surface area contributed by atoms with Crippen LogP contribution < -0.4 is 5.73 Å². The van der Waals surface area contributed by atoms with Crippen molar-refractivity contribution in [1.29, 1.82) is 0 Å². The fourth-order valence-corrected chi connectivity index (χ4v) is 2.52. The molecule has 0 radical (unpaired) electrons. The number of likely N-dealkylation sites (tertiary alicyclic amines) is 1. The van der Waals surface area contributed by atoms with Crippen LogP contribution in [-0.2, 0) is 0 Å². The molecule has 0 aliphatic carbocycles. The number of nitrogens with two attached hydrogens (primary N) is 1. The smallest absolute Gasteiger partial charge is 0.260 e. The minimum absolute atomic E-state index is 0.00265. The number of nitrogens with zero attached hydrogens (tertiary/aromatic N) is 1. The highest BCUT2D eigenvalue weighted by Crippen LogP contribution is 2.26. The molecule has 0 aromatic heterocycles. The molecule has 116 valence electrons. The van der Waals surface area contributed by atoms with Crippen molar-refractivity contribution < 1.29 is 26.7 Å². The lowest BCUT2D eigenvalue weighted by Crippen LogP contribution is -2.49. The predicted octanol–water partition coefficient (Wildman–Crippen LogP) is 2.19. The molecule has 0 spiro atoms. The summed E-state index contributed by atoms with van der Waals surface area (Å²) in [6, 6.07) is -0.404. The molecule has 1 saturated heterocycles. The number of carbonyl (C=O) groups excluding carboxylic acids is 1. The Morgan fingerprint density at radius 3 is 1.95 bits per heavy atom. The van der Waals surface area contributed by atoms with Gasteiger partial charge in [-0.2, -0.15) is 0 Å². The lowest BCUT2D eigenvalue weighted by molar-refractivity contribution is 0.0647. The van der Waals surface area contributed by atoms with Crippen molar-refractivity contribution in [1.82, 2.24) is 4.90 Å². The molecule has 2 N–H and O–H groups in total. The van der Waals surface area contributed by atoms with Crippen LogP contribution in [0.15, 0.2) is 0 Å². The van der Waals surface area contributed by atoms with Gasteiger partial charge in [0.1, 0.15) is 5.56 Å². The Hall–Kier alpha value is -1.70. The molecule has 1 heterocycles. The van der Waals surface area contributed by atoms with Crippen molar-refractivity contribution in [3.8, 4) is 0 Å². The summed E-state index contributed by atoms with van der Waals surface area (Å²) in [5.74, 6) is -12.1. The molecule has 3 nitrogen and oxygen atoms in total. The summed E-state index contributed by atoms with van der Waals surface area (Å²) < 4.78 is 66.4. The molecule has 1 aromatic rings. The van der Waals surface area contributed by atoms with E-state index >= 15 is 0 Å². The molecular weight excluding hydrogens is 295 g/mol. The highest BCUT2D eigenvalue weighted by molar-refractivity contribution is 5.95. The van der Waals surface area contributed by atoms with E-state index in [1.807, 2.05) is 0 Å². The Bertz CT molecular complexity index is 553. The molecule has 0 bridgehead atoms. The zero-order chi connectivity index (χ0) is 15.9. The Labute approximate surface area is 117 Å². The van der Waals surface area contributed by atoms with Gasteiger partial charge in [-0.1, -0.05) is 6.92 Å². The van der Waals surface area contributed by atoms with Gasteiger partial charge in [0.2, 0.25) is 5.82 Å². The van der Waals surface area contributed by atoms with E-state index in [1.165, 1.54) is 0 Å². The highest BCUT2D eigenvalue weighted by Gasteiger charge is 2.34. The Morgan fingerprint density at radius 1 is 1.00 bits per heavy atom. The van der Waals surface area contributed by atoms with Crippen LogP contribution in [-0.4, -0.2) is 29.9 Å². The topological polar surface area (TPSA) is 46.3 Å². The van der Waals surface area contributed by atoms with Gasteiger partial charge in [-0.15, -0.1) is 0 Å². The molecule has 2 unspecified atom stereocenters. The second-order valence-electron chi connectivity index (χ2n) is 5.26. The van der Waals surface area contributed by atoms with Gasteiger partial charge in [-0.05, 0) is 12.3 Å². The first-order chi connectivity index (χ1) is 9.73. The number of halogens is 5. The van der Waals surface area contributed by atoms with Gasteiger partial charge in [0.05, 0.1) is 0 Å². The first kappa shape index (κ1) is 15.7. The summed E-state index contributed by atoms with van der Waals surface area (Å²) in [5, 5.41) is 0. The van der Waals surface area contributed by atoms with Crippen LogP contribution in [0.1, 0.15) is 23.7 Å². The zero-order valence-electron chi connectivity index (χ0n) is 11.1. The number of rotatable bonds is 1. The second kappa shape index (κ2) is 5.59. The van der Waals surface area contributed by atoms with Crippen LogP contribution >= 0.6 is 0 Å². The molecule has 1 aliphatic heterocycles. The maximum Gasteiger partial charge on any atom is 0.260 e. The first-order valence-corrected chi connectivity index (χ1v) is 6.30. The molecule has 0 saturated carbocycles. The van der Waals surface area contributed by atoms with E-state index < -0.39 is 46.6 Å². The van der Waals surface area contributed by atoms with E-state index in [1.54, 1.807) is 6.92 Å². The van der Waals surface area contributed by atoms with Gasteiger partial charge in [0, 0.05) is 19.1 Å². The molecule has 8 heteroatoms. The number of amides is 1. The van der Waals surface area contributed by atoms with Crippen LogP contribution in [0.25, 0.3) is 0 Å². The Morgan fingerprint density at radius 2 is 1.48 bits per heavy atom. The van der Waals surface area contributed by atoms with Crippen molar-refractivity contribution in [3.05, 3.63) is 34.6 Å². The van der Waals surface area contributed by atoms with Gasteiger partial charge in [0.15, 0.2) is 23.3 Å². The quantitative estimate of drug-likeness (QED) is 0.491. The van der Waals surface area contributed by atoms with Crippen LogP contribution in [0.3, 0.4) is 0 Å². The van der Waals surface area contributed by atoms with Gasteiger partial charge in [-0.25, -0.2) is 22.0 Å².